The Morgan fingerprint density at radius 1 is 1.50 bits per heavy atom. The fourth-order valence-electron chi connectivity index (χ4n) is 1.28. The maximum atomic E-state index is 4.09. The molecule has 2 aromatic heterocycles. The maximum Gasteiger partial charge on any atom is 0.0532 e. The van der Waals surface area contributed by atoms with Gasteiger partial charge in [0, 0.05) is 38.1 Å². The molecule has 74 valence electrons. The Bertz CT molecular complexity index is 376. The normalized spacial score (nSPS) is 10.6. The molecule has 0 saturated carbocycles. The first-order chi connectivity index (χ1) is 6.86. The molecular formula is C9H13N5. The van der Waals surface area contributed by atoms with Crippen LogP contribution in [0, 0.1) is 0 Å². The molecule has 0 aliphatic heterocycles. The number of nitrogens with zero attached hydrogens (tertiary/aromatic N) is 3. The first kappa shape index (κ1) is 8.96. The lowest BCUT2D eigenvalue weighted by molar-refractivity contribution is 0.626. The van der Waals surface area contributed by atoms with Gasteiger partial charge in [-0.2, -0.15) is 10.2 Å². The SMILES string of the molecule is Cn1nccc1CNCc1cn[nH]c1. The van der Waals surface area contributed by atoms with E-state index in [0.717, 1.165) is 18.7 Å². The maximum absolute atomic E-state index is 4.09. The second kappa shape index (κ2) is 4.06. The standard InChI is InChI=1S/C9H13N5/c1-14-9(2-3-13-14)7-10-4-8-5-11-12-6-8/h2-3,5-6,10H,4,7H2,1H3,(H,11,12). The summed E-state index contributed by atoms with van der Waals surface area (Å²) in [6, 6.07) is 2.00. The quantitative estimate of drug-likeness (QED) is 0.737. The van der Waals surface area contributed by atoms with Crippen molar-refractivity contribution in [2.24, 2.45) is 7.05 Å². The molecule has 2 rings (SSSR count). The topological polar surface area (TPSA) is 58.5 Å². The van der Waals surface area contributed by atoms with Crippen LogP contribution in [0.5, 0.6) is 0 Å². The second-order valence-electron chi connectivity index (χ2n) is 3.16. The van der Waals surface area contributed by atoms with Crippen LogP contribution >= 0.6 is 0 Å². The van der Waals surface area contributed by atoms with Crippen molar-refractivity contribution in [3.05, 3.63) is 35.9 Å². The van der Waals surface area contributed by atoms with E-state index in [4.69, 9.17) is 0 Å². The van der Waals surface area contributed by atoms with Crippen molar-refractivity contribution in [3.63, 3.8) is 0 Å². The van der Waals surface area contributed by atoms with Crippen LogP contribution in [0.3, 0.4) is 0 Å². The molecule has 0 radical (unpaired) electrons. The number of aryl methyl sites for hydroxylation is 1. The van der Waals surface area contributed by atoms with Gasteiger partial charge in [-0.1, -0.05) is 0 Å². The lowest BCUT2D eigenvalue weighted by Gasteiger charge is -2.02. The molecule has 0 aliphatic carbocycles. The molecule has 0 unspecified atom stereocenters. The van der Waals surface area contributed by atoms with Gasteiger partial charge in [-0.15, -0.1) is 0 Å². The Hall–Kier alpha value is -1.62. The van der Waals surface area contributed by atoms with Gasteiger partial charge in [0.2, 0.25) is 0 Å². The number of aromatic nitrogens is 4. The number of rotatable bonds is 4. The Balaban J connectivity index is 1.81. The fourth-order valence-corrected chi connectivity index (χ4v) is 1.28. The van der Waals surface area contributed by atoms with Crippen molar-refractivity contribution in [1.82, 2.24) is 25.3 Å². The van der Waals surface area contributed by atoms with E-state index >= 15 is 0 Å². The molecule has 0 aromatic carbocycles. The molecule has 2 aromatic rings. The lowest BCUT2D eigenvalue weighted by Crippen LogP contribution is -2.14. The van der Waals surface area contributed by atoms with Crippen LogP contribution in [-0.2, 0) is 20.1 Å². The summed E-state index contributed by atoms with van der Waals surface area (Å²) in [5.41, 5.74) is 2.33. The van der Waals surface area contributed by atoms with E-state index < -0.39 is 0 Å². The van der Waals surface area contributed by atoms with Gasteiger partial charge in [-0.3, -0.25) is 9.78 Å². The minimum Gasteiger partial charge on any atom is -0.307 e. The zero-order valence-electron chi connectivity index (χ0n) is 8.07. The third-order valence-corrected chi connectivity index (χ3v) is 2.11. The summed E-state index contributed by atoms with van der Waals surface area (Å²) >= 11 is 0. The van der Waals surface area contributed by atoms with E-state index in [0.29, 0.717) is 0 Å². The van der Waals surface area contributed by atoms with E-state index in [9.17, 15) is 0 Å². The van der Waals surface area contributed by atoms with Gasteiger partial charge in [-0.25, -0.2) is 0 Å². The Labute approximate surface area is 82.1 Å². The monoisotopic (exact) mass is 191 g/mol. The van der Waals surface area contributed by atoms with Crippen LogP contribution in [0.4, 0.5) is 0 Å². The van der Waals surface area contributed by atoms with Crippen LogP contribution in [0.1, 0.15) is 11.3 Å². The van der Waals surface area contributed by atoms with Crippen LogP contribution in [0.15, 0.2) is 24.7 Å². The predicted molar refractivity (Wildman–Crippen MR) is 52.3 cm³/mol. The molecule has 0 saturated heterocycles. The summed E-state index contributed by atoms with van der Waals surface area (Å²) in [7, 11) is 1.94. The first-order valence-electron chi connectivity index (χ1n) is 4.51. The lowest BCUT2D eigenvalue weighted by atomic mass is 10.3. The minimum atomic E-state index is 0.821. The van der Waals surface area contributed by atoms with E-state index in [-0.39, 0.29) is 0 Å². The first-order valence-corrected chi connectivity index (χ1v) is 4.51. The molecule has 0 bridgehead atoms. The van der Waals surface area contributed by atoms with Gasteiger partial charge in [0.1, 0.15) is 0 Å². The third kappa shape index (κ3) is 2.00. The summed E-state index contributed by atoms with van der Waals surface area (Å²) < 4.78 is 1.86. The molecular weight excluding hydrogens is 178 g/mol. The molecule has 5 nitrogen and oxygen atoms in total. The highest BCUT2D eigenvalue weighted by atomic mass is 15.3. The fraction of sp³-hybridized carbons (Fsp3) is 0.333. The van der Waals surface area contributed by atoms with Gasteiger partial charge in [0.05, 0.1) is 11.9 Å². The summed E-state index contributed by atoms with van der Waals surface area (Å²) in [4.78, 5) is 0. The van der Waals surface area contributed by atoms with Gasteiger partial charge in [0.25, 0.3) is 0 Å². The molecule has 0 amide bonds. The van der Waals surface area contributed by atoms with Crippen LogP contribution in [-0.4, -0.2) is 20.0 Å². The number of H-pyrrole nitrogens is 1. The average molecular weight is 191 g/mol. The highest BCUT2D eigenvalue weighted by molar-refractivity contribution is 5.03. The highest BCUT2D eigenvalue weighted by Gasteiger charge is 1.97. The average Bonchev–Trinajstić information content (AvgIpc) is 2.78. The summed E-state index contributed by atoms with van der Waals surface area (Å²) in [5, 5.41) is 14.1. The zero-order chi connectivity index (χ0) is 9.80. The number of hydrogen-bond acceptors (Lipinski definition) is 3. The van der Waals surface area contributed by atoms with Crippen LogP contribution in [0.2, 0.25) is 0 Å². The summed E-state index contributed by atoms with van der Waals surface area (Å²) in [5.74, 6) is 0. The number of aromatic amines is 1. The van der Waals surface area contributed by atoms with Crippen LogP contribution in [0.25, 0.3) is 0 Å². The summed E-state index contributed by atoms with van der Waals surface area (Å²) in [6.07, 6.45) is 5.50. The van der Waals surface area contributed by atoms with Gasteiger partial charge in [-0.05, 0) is 6.07 Å². The molecule has 14 heavy (non-hydrogen) atoms. The third-order valence-electron chi connectivity index (χ3n) is 2.11. The Morgan fingerprint density at radius 3 is 3.07 bits per heavy atom. The van der Waals surface area contributed by atoms with E-state index in [1.54, 1.807) is 6.20 Å². The van der Waals surface area contributed by atoms with Crippen LogP contribution < -0.4 is 5.32 Å². The van der Waals surface area contributed by atoms with Gasteiger partial charge in [0.15, 0.2) is 0 Å². The zero-order valence-corrected chi connectivity index (χ0v) is 8.07. The number of nitrogens with one attached hydrogen (secondary N) is 2. The largest absolute Gasteiger partial charge is 0.307 e. The molecule has 0 fully saturated rings. The molecule has 2 N–H and O–H groups in total. The molecule has 5 heteroatoms. The van der Waals surface area contributed by atoms with Crippen molar-refractivity contribution in [3.8, 4) is 0 Å². The molecule has 0 atom stereocenters. The van der Waals surface area contributed by atoms with Crippen molar-refractivity contribution in [1.29, 1.82) is 0 Å². The molecule has 0 spiro atoms. The van der Waals surface area contributed by atoms with E-state index in [2.05, 4.69) is 20.6 Å². The van der Waals surface area contributed by atoms with E-state index in [1.807, 2.05) is 30.2 Å². The smallest absolute Gasteiger partial charge is 0.0532 e. The van der Waals surface area contributed by atoms with Crippen molar-refractivity contribution < 1.29 is 0 Å². The molecule has 2 heterocycles. The van der Waals surface area contributed by atoms with Crippen molar-refractivity contribution >= 4 is 0 Å². The minimum absolute atomic E-state index is 0.821. The predicted octanol–water partition coefficient (Wildman–Crippen LogP) is 0.433. The van der Waals surface area contributed by atoms with Crippen molar-refractivity contribution in [2.45, 2.75) is 13.1 Å². The molecule has 0 aliphatic rings. The van der Waals surface area contributed by atoms with Crippen molar-refractivity contribution in [2.75, 3.05) is 0 Å². The highest BCUT2D eigenvalue weighted by Crippen LogP contribution is 1.97. The second-order valence-corrected chi connectivity index (χ2v) is 3.16. The Kier molecular flexibility index (Phi) is 2.60. The van der Waals surface area contributed by atoms with Gasteiger partial charge < -0.3 is 5.32 Å². The Morgan fingerprint density at radius 2 is 2.43 bits per heavy atom. The summed E-state index contributed by atoms with van der Waals surface area (Å²) in [6.45, 7) is 1.64. The number of hydrogen-bond donors (Lipinski definition) is 2. The van der Waals surface area contributed by atoms with E-state index in [1.165, 1.54) is 5.69 Å². The van der Waals surface area contributed by atoms with Gasteiger partial charge >= 0.3 is 0 Å².